The number of benzene rings is 1. The van der Waals surface area contributed by atoms with Gasteiger partial charge in [-0.15, -0.1) is 0 Å². The molecular formula is C15H19ClN2O4S. The molecule has 1 aromatic carbocycles. The quantitative estimate of drug-likeness (QED) is 0.872. The van der Waals surface area contributed by atoms with Gasteiger partial charge in [-0.05, 0) is 24.7 Å². The number of hydrogen-bond acceptors (Lipinski definition) is 4. The number of halogens is 1. The van der Waals surface area contributed by atoms with Crippen LogP contribution in [0.3, 0.4) is 0 Å². The topological polar surface area (TPSA) is 77.9 Å². The lowest BCUT2D eigenvalue weighted by molar-refractivity contribution is -0.148. The van der Waals surface area contributed by atoms with Gasteiger partial charge in [-0.3, -0.25) is 4.79 Å². The number of carboxylic acids is 1. The van der Waals surface area contributed by atoms with E-state index in [1.54, 1.807) is 24.3 Å². The summed E-state index contributed by atoms with van der Waals surface area (Å²) >= 11 is 5.90. The van der Waals surface area contributed by atoms with Crippen molar-refractivity contribution in [3.8, 4) is 0 Å². The highest BCUT2D eigenvalue weighted by Gasteiger charge is 2.58. The van der Waals surface area contributed by atoms with Gasteiger partial charge in [0, 0.05) is 37.1 Å². The number of aliphatic carboxylic acids is 1. The largest absolute Gasteiger partial charge is 0.481 e. The van der Waals surface area contributed by atoms with Gasteiger partial charge in [0.05, 0.1) is 11.2 Å². The molecule has 0 radical (unpaired) electrons. The summed E-state index contributed by atoms with van der Waals surface area (Å²) in [4.78, 5) is 13.7. The minimum atomic E-state index is -3.57. The lowest BCUT2D eigenvalue weighted by Crippen LogP contribution is -2.41. The van der Waals surface area contributed by atoms with Crippen molar-refractivity contribution in [2.24, 2.45) is 11.3 Å². The van der Waals surface area contributed by atoms with Crippen LogP contribution in [-0.2, 0) is 20.6 Å². The first-order valence-corrected chi connectivity index (χ1v) is 9.36. The molecule has 0 saturated carbocycles. The smallest absolute Gasteiger partial charge is 0.312 e. The van der Waals surface area contributed by atoms with E-state index in [0.717, 1.165) is 0 Å². The Labute approximate surface area is 140 Å². The summed E-state index contributed by atoms with van der Waals surface area (Å²) in [7, 11) is -1.70. The number of carbonyl (C=O) groups is 1. The first-order chi connectivity index (χ1) is 10.7. The van der Waals surface area contributed by atoms with Crippen LogP contribution in [0.15, 0.2) is 24.3 Å². The molecule has 0 aromatic heterocycles. The van der Waals surface area contributed by atoms with Gasteiger partial charge in [0.1, 0.15) is 0 Å². The van der Waals surface area contributed by atoms with E-state index in [2.05, 4.69) is 0 Å². The summed E-state index contributed by atoms with van der Waals surface area (Å²) in [6.07, 6.45) is 0. The molecule has 0 aliphatic carbocycles. The number of hydrogen-bond donors (Lipinski definition) is 1. The van der Waals surface area contributed by atoms with Crippen LogP contribution in [0, 0.1) is 11.3 Å². The molecule has 6 nitrogen and oxygen atoms in total. The molecule has 0 spiro atoms. The van der Waals surface area contributed by atoms with Crippen molar-refractivity contribution in [2.75, 3.05) is 33.2 Å². The summed E-state index contributed by atoms with van der Waals surface area (Å²) in [5.41, 5.74) is -0.382. The summed E-state index contributed by atoms with van der Waals surface area (Å²) in [6.45, 7) is 1.30. The van der Waals surface area contributed by atoms with Crippen molar-refractivity contribution < 1.29 is 18.3 Å². The van der Waals surface area contributed by atoms with E-state index in [1.165, 1.54) is 4.31 Å². The Bertz CT molecular complexity index is 739. The molecule has 2 heterocycles. The fraction of sp³-hybridized carbons (Fsp3) is 0.533. The highest BCUT2D eigenvalue weighted by Crippen LogP contribution is 2.43. The Morgan fingerprint density at radius 1 is 1.39 bits per heavy atom. The van der Waals surface area contributed by atoms with Crippen LogP contribution in [0.2, 0.25) is 5.02 Å². The summed E-state index contributed by atoms with van der Waals surface area (Å²) in [6, 6.07) is 6.73. The molecule has 2 aliphatic rings. The third-order valence-electron chi connectivity index (χ3n) is 4.81. The monoisotopic (exact) mass is 358 g/mol. The molecule has 3 rings (SSSR count). The lowest BCUT2D eigenvalue weighted by Gasteiger charge is -2.24. The molecule has 2 aliphatic heterocycles. The van der Waals surface area contributed by atoms with Gasteiger partial charge in [0.25, 0.3) is 0 Å². The maximum absolute atomic E-state index is 12.7. The van der Waals surface area contributed by atoms with E-state index in [1.807, 2.05) is 11.9 Å². The van der Waals surface area contributed by atoms with Crippen molar-refractivity contribution >= 4 is 27.6 Å². The van der Waals surface area contributed by atoms with Crippen molar-refractivity contribution in [1.29, 1.82) is 0 Å². The minimum Gasteiger partial charge on any atom is -0.481 e. The third-order valence-corrected chi connectivity index (χ3v) is 6.80. The van der Waals surface area contributed by atoms with Gasteiger partial charge in [0.2, 0.25) is 10.0 Å². The molecule has 126 valence electrons. The zero-order valence-corrected chi connectivity index (χ0v) is 14.3. The van der Waals surface area contributed by atoms with E-state index in [4.69, 9.17) is 11.6 Å². The summed E-state index contributed by atoms with van der Waals surface area (Å²) < 4.78 is 26.7. The Morgan fingerprint density at radius 3 is 2.74 bits per heavy atom. The van der Waals surface area contributed by atoms with Crippen LogP contribution in [0.5, 0.6) is 0 Å². The molecule has 0 bridgehead atoms. The maximum Gasteiger partial charge on any atom is 0.312 e. The molecule has 0 unspecified atom stereocenters. The molecule has 23 heavy (non-hydrogen) atoms. The second-order valence-corrected chi connectivity index (χ2v) is 8.94. The van der Waals surface area contributed by atoms with Crippen LogP contribution >= 0.6 is 11.6 Å². The van der Waals surface area contributed by atoms with Crippen LogP contribution in [0.1, 0.15) is 5.56 Å². The SMILES string of the molecule is CN1C[C@@H]2CN(S(=O)(=O)Cc3cccc(Cl)c3)C[C@]2(C(=O)O)C1. The zero-order valence-electron chi connectivity index (χ0n) is 12.8. The highest BCUT2D eigenvalue weighted by molar-refractivity contribution is 7.88. The fourth-order valence-electron chi connectivity index (χ4n) is 3.71. The zero-order chi connectivity index (χ0) is 16.8. The molecule has 0 amide bonds. The third kappa shape index (κ3) is 2.98. The minimum absolute atomic E-state index is 0.0419. The average molecular weight is 359 g/mol. The predicted molar refractivity (Wildman–Crippen MR) is 86.7 cm³/mol. The first kappa shape index (κ1) is 16.7. The summed E-state index contributed by atoms with van der Waals surface area (Å²) in [5.74, 6) is -1.24. The first-order valence-electron chi connectivity index (χ1n) is 7.37. The van der Waals surface area contributed by atoms with E-state index >= 15 is 0 Å². The highest BCUT2D eigenvalue weighted by atomic mass is 35.5. The number of rotatable bonds is 4. The average Bonchev–Trinajstić information content (AvgIpc) is 2.92. The Balaban J connectivity index is 1.82. The second kappa shape index (κ2) is 5.73. The van der Waals surface area contributed by atoms with Crippen LogP contribution in [0.25, 0.3) is 0 Å². The number of sulfonamides is 1. The molecule has 8 heteroatoms. The van der Waals surface area contributed by atoms with E-state index in [0.29, 0.717) is 23.7 Å². The van der Waals surface area contributed by atoms with E-state index in [-0.39, 0.29) is 24.8 Å². The fourth-order valence-corrected chi connectivity index (χ4v) is 5.54. The van der Waals surface area contributed by atoms with Gasteiger partial charge >= 0.3 is 5.97 Å². The predicted octanol–water partition coefficient (Wildman–Crippen LogP) is 1.12. The lowest BCUT2D eigenvalue weighted by atomic mass is 9.81. The molecule has 2 saturated heterocycles. The van der Waals surface area contributed by atoms with Gasteiger partial charge < -0.3 is 10.0 Å². The van der Waals surface area contributed by atoms with Crippen molar-refractivity contribution in [3.63, 3.8) is 0 Å². The van der Waals surface area contributed by atoms with Crippen LogP contribution in [0.4, 0.5) is 0 Å². The van der Waals surface area contributed by atoms with E-state index in [9.17, 15) is 18.3 Å². The Hall–Kier alpha value is -1.15. The van der Waals surface area contributed by atoms with E-state index < -0.39 is 21.4 Å². The summed E-state index contributed by atoms with van der Waals surface area (Å²) in [5, 5.41) is 10.1. The number of nitrogens with zero attached hydrogens (tertiary/aromatic N) is 2. The van der Waals surface area contributed by atoms with Crippen molar-refractivity contribution in [1.82, 2.24) is 9.21 Å². The van der Waals surface area contributed by atoms with Gasteiger partial charge in [-0.1, -0.05) is 23.7 Å². The van der Waals surface area contributed by atoms with Gasteiger partial charge in [-0.25, -0.2) is 12.7 Å². The Morgan fingerprint density at radius 2 is 2.13 bits per heavy atom. The van der Waals surface area contributed by atoms with Crippen molar-refractivity contribution in [3.05, 3.63) is 34.9 Å². The number of fused-ring (bicyclic) bond motifs is 1. The van der Waals surface area contributed by atoms with Gasteiger partial charge in [-0.2, -0.15) is 0 Å². The number of carboxylic acid groups (broad SMARTS) is 1. The second-order valence-electron chi connectivity index (χ2n) is 6.53. The van der Waals surface area contributed by atoms with Crippen LogP contribution in [-0.4, -0.2) is 61.9 Å². The van der Waals surface area contributed by atoms with Crippen LogP contribution < -0.4 is 0 Å². The molecule has 2 fully saturated rings. The number of likely N-dealkylation sites (tertiary alicyclic amines) is 1. The molecule has 1 N–H and O–H groups in total. The van der Waals surface area contributed by atoms with Crippen molar-refractivity contribution in [2.45, 2.75) is 5.75 Å². The molecule has 2 atom stereocenters. The standard InChI is InChI=1S/C15H19ClN2O4S/c1-17-6-12-7-18(10-15(12,9-17)14(19)20)23(21,22)8-11-3-2-4-13(16)5-11/h2-5,12H,6-10H2,1H3,(H,19,20)/t12-,15-/m1/s1. The molecular weight excluding hydrogens is 340 g/mol. The Kier molecular flexibility index (Phi) is 4.16. The molecule has 1 aromatic rings. The van der Waals surface area contributed by atoms with Gasteiger partial charge in [0.15, 0.2) is 0 Å². The normalized spacial score (nSPS) is 28.9. The maximum atomic E-state index is 12.7.